The zero-order valence-corrected chi connectivity index (χ0v) is 16.8. The van der Waals surface area contributed by atoms with Crippen molar-refractivity contribution in [2.45, 2.75) is 12.5 Å². The van der Waals surface area contributed by atoms with Crippen molar-refractivity contribution in [3.05, 3.63) is 17.7 Å². The molecular weight excluding hydrogens is 372 g/mol. The lowest BCUT2D eigenvalue weighted by Crippen LogP contribution is -3.18. The van der Waals surface area contributed by atoms with Gasteiger partial charge in [0.25, 0.3) is 5.91 Å². The monoisotopic (exact) mass is 399 g/mol. The van der Waals surface area contributed by atoms with Crippen LogP contribution in [0.3, 0.4) is 0 Å². The highest BCUT2D eigenvalue weighted by molar-refractivity contribution is 7.91. The average molecular weight is 399 g/mol. The maximum Gasteiger partial charge on any atom is 0.258 e. The van der Waals surface area contributed by atoms with Crippen LogP contribution in [0.1, 0.15) is 16.8 Å². The molecule has 1 aromatic rings. The molecular formula is C18H27N2O6S+. The Balaban J connectivity index is 1.71. The van der Waals surface area contributed by atoms with Gasteiger partial charge in [-0.15, -0.1) is 0 Å². The molecule has 27 heavy (non-hydrogen) atoms. The molecule has 2 fully saturated rings. The predicted octanol–water partition coefficient (Wildman–Crippen LogP) is -0.760. The highest BCUT2D eigenvalue weighted by Gasteiger charge is 2.38. The lowest BCUT2D eigenvalue weighted by atomic mass is 10.1. The summed E-state index contributed by atoms with van der Waals surface area (Å²) in [6, 6.07) is 3.54. The molecule has 2 aliphatic heterocycles. The van der Waals surface area contributed by atoms with E-state index in [-0.39, 0.29) is 23.5 Å². The number of quaternary nitrogens is 1. The van der Waals surface area contributed by atoms with Crippen molar-refractivity contribution in [2.24, 2.45) is 0 Å². The number of ether oxygens (including phenoxy) is 3. The summed E-state index contributed by atoms with van der Waals surface area (Å²) in [5.74, 6) is 1.69. The molecule has 150 valence electrons. The third-order valence-electron chi connectivity index (χ3n) is 5.44. The SMILES string of the molecule is COc1ccc(C(=O)N2CC[NH+]([C@@H]3CCS(=O)(=O)C3)CC2)c(OC)c1OC. The van der Waals surface area contributed by atoms with Gasteiger partial charge in [0.2, 0.25) is 5.75 Å². The molecule has 0 spiro atoms. The van der Waals surface area contributed by atoms with Crippen molar-refractivity contribution >= 4 is 15.7 Å². The quantitative estimate of drug-likeness (QED) is 0.701. The number of hydrogen-bond donors (Lipinski definition) is 1. The molecule has 0 aliphatic carbocycles. The summed E-state index contributed by atoms with van der Waals surface area (Å²) in [6.07, 6.45) is 0.717. The molecule has 1 aromatic carbocycles. The van der Waals surface area contributed by atoms with Crippen LogP contribution in [0.4, 0.5) is 0 Å². The molecule has 9 heteroatoms. The van der Waals surface area contributed by atoms with Gasteiger partial charge in [0, 0.05) is 6.42 Å². The van der Waals surface area contributed by atoms with Crippen LogP contribution in [-0.2, 0) is 9.84 Å². The summed E-state index contributed by atoms with van der Waals surface area (Å²) in [5.41, 5.74) is 0.432. The van der Waals surface area contributed by atoms with Gasteiger partial charge < -0.3 is 24.0 Å². The average Bonchev–Trinajstić information content (AvgIpc) is 3.05. The molecule has 8 nitrogen and oxygen atoms in total. The normalized spacial score (nSPS) is 22.5. The summed E-state index contributed by atoms with van der Waals surface area (Å²) >= 11 is 0. The van der Waals surface area contributed by atoms with E-state index in [0.29, 0.717) is 35.9 Å². The number of rotatable bonds is 5. The van der Waals surface area contributed by atoms with Crippen molar-refractivity contribution in [3.8, 4) is 17.2 Å². The Morgan fingerprint density at radius 2 is 1.74 bits per heavy atom. The maximum atomic E-state index is 13.0. The molecule has 2 heterocycles. The number of methoxy groups -OCH3 is 3. The van der Waals surface area contributed by atoms with E-state index >= 15 is 0 Å². The second kappa shape index (κ2) is 7.93. The van der Waals surface area contributed by atoms with E-state index in [4.69, 9.17) is 14.2 Å². The first-order valence-corrected chi connectivity index (χ1v) is 10.9. The van der Waals surface area contributed by atoms with E-state index in [1.807, 2.05) is 0 Å². The maximum absolute atomic E-state index is 13.0. The molecule has 1 N–H and O–H groups in total. The van der Waals surface area contributed by atoms with Gasteiger partial charge in [-0.3, -0.25) is 4.79 Å². The van der Waals surface area contributed by atoms with E-state index in [1.54, 1.807) is 17.0 Å². The van der Waals surface area contributed by atoms with Crippen molar-refractivity contribution < 1.29 is 32.3 Å². The van der Waals surface area contributed by atoms with Crippen LogP contribution in [0.5, 0.6) is 17.2 Å². The van der Waals surface area contributed by atoms with Crippen molar-refractivity contribution in [2.75, 3.05) is 59.0 Å². The van der Waals surface area contributed by atoms with Crippen LogP contribution in [0.2, 0.25) is 0 Å². The van der Waals surface area contributed by atoms with E-state index in [9.17, 15) is 13.2 Å². The Hall–Kier alpha value is -2.00. The van der Waals surface area contributed by atoms with Crippen LogP contribution in [0, 0.1) is 0 Å². The molecule has 2 saturated heterocycles. The highest BCUT2D eigenvalue weighted by atomic mass is 32.2. The largest absolute Gasteiger partial charge is 0.493 e. The number of amides is 1. The standard InChI is InChI=1S/C18H26N2O6S/c1-24-15-5-4-14(16(25-2)17(15)26-3)18(21)20-9-7-19(8-10-20)13-6-11-27(22,23)12-13/h4-5,13H,6-12H2,1-3H3/p+1/t13-/m1/s1. The Labute approximate surface area is 159 Å². The predicted molar refractivity (Wildman–Crippen MR) is 99.8 cm³/mol. The molecule has 0 unspecified atom stereocenters. The van der Waals surface area contributed by atoms with Gasteiger partial charge in [0.1, 0.15) is 11.8 Å². The van der Waals surface area contributed by atoms with E-state index in [2.05, 4.69) is 0 Å². The van der Waals surface area contributed by atoms with Gasteiger partial charge >= 0.3 is 0 Å². The van der Waals surface area contributed by atoms with Crippen LogP contribution in [0.25, 0.3) is 0 Å². The Morgan fingerprint density at radius 1 is 1.07 bits per heavy atom. The second-order valence-corrected chi connectivity index (χ2v) is 9.16. The zero-order chi connectivity index (χ0) is 19.6. The number of sulfone groups is 1. The summed E-state index contributed by atoms with van der Waals surface area (Å²) < 4.78 is 39.5. The first kappa shape index (κ1) is 19.8. The van der Waals surface area contributed by atoms with E-state index in [0.717, 1.165) is 19.5 Å². The summed E-state index contributed by atoms with van der Waals surface area (Å²) in [5, 5.41) is 0. The summed E-state index contributed by atoms with van der Waals surface area (Å²) in [7, 11) is 1.65. The highest BCUT2D eigenvalue weighted by Crippen LogP contribution is 2.40. The molecule has 0 radical (unpaired) electrons. The third kappa shape index (κ3) is 3.98. The fraction of sp³-hybridized carbons (Fsp3) is 0.611. The number of carbonyl (C=O) groups excluding carboxylic acids is 1. The topological polar surface area (TPSA) is 86.6 Å². The molecule has 2 aliphatic rings. The minimum absolute atomic E-state index is 0.120. The van der Waals surface area contributed by atoms with Gasteiger partial charge in [0.15, 0.2) is 21.3 Å². The summed E-state index contributed by atoms with van der Waals surface area (Å²) in [6.45, 7) is 2.67. The molecule has 1 atom stereocenters. The second-order valence-electron chi connectivity index (χ2n) is 6.93. The Morgan fingerprint density at radius 3 is 2.26 bits per heavy atom. The van der Waals surface area contributed by atoms with Crippen molar-refractivity contribution in [3.63, 3.8) is 0 Å². The number of piperazine rings is 1. The fourth-order valence-corrected chi connectivity index (χ4v) is 5.79. The number of nitrogens with zero attached hydrogens (tertiary/aromatic N) is 1. The van der Waals surface area contributed by atoms with Gasteiger partial charge in [-0.2, -0.15) is 0 Å². The number of carbonyl (C=O) groups is 1. The Kier molecular flexibility index (Phi) is 5.81. The fourth-order valence-electron chi connectivity index (χ4n) is 3.96. The molecule has 1 amide bonds. The van der Waals surface area contributed by atoms with E-state index < -0.39 is 9.84 Å². The lowest BCUT2D eigenvalue weighted by Gasteiger charge is -2.35. The van der Waals surface area contributed by atoms with Crippen molar-refractivity contribution in [1.82, 2.24) is 4.90 Å². The molecule has 0 saturated carbocycles. The first-order valence-electron chi connectivity index (χ1n) is 9.03. The molecule has 0 aromatic heterocycles. The van der Waals surface area contributed by atoms with Crippen LogP contribution >= 0.6 is 0 Å². The molecule has 3 rings (SSSR count). The first-order chi connectivity index (χ1) is 12.9. The van der Waals surface area contributed by atoms with Gasteiger partial charge in [-0.05, 0) is 12.1 Å². The van der Waals surface area contributed by atoms with Crippen molar-refractivity contribution in [1.29, 1.82) is 0 Å². The minimum Gasteiger partial charge on any atom is -0.493 e. The smallest absolute Gasteiger partial charge is 0.258 e. The van der Waals surface area contributed by atoms with E-state index in [1.165, 1.54) is 26.2 Å². The van der Waals surface area contributed by atoms with Gasteiger partial charge in [-0.1, -0.05) is 0 Å². The van der Waals surface area contributed by atoms with Crippen LogP contribution in [-0.4, -0.2) is 84.3 Å². The number of nitrogens with one attached hydrogen (secondary N) is 1. The molecule has 0 bridgehead atoms. The Bertz CT molecular complexity index is 802. The van der Waals surface area contributed by atoms with Gasteiger partial charge in [0.05, 0.1) is 58.8 Å². The minimum atomic E-state index is -2.88. The van der Waals surface area contributed by atoms with Crippen LogP contribution < -0.4 is 19.1 Å². The lowest BCUT2D eigenvalue weighted by molar-refractivity contribution is -0.925. The number of benzene rings is 1. The third-order valence-corrected chi connectivity index (χ3v) is 7.21. The number of hydrogen-bond acceptors (Lipinski definition) is 6. The van der Waals surface area contributed by atoms with Gasteiger partial charge in [-0.25, -0.2) is 8.42 Å². The zero-order valence-electron chi connectivity index (χ0n) is 16.0. The van der Waals surface area contributed by atoms with Crippen LogP contribution in [0.15, 0.2) is 12.1 Å². The summed E-state index contributed by atoms with van der Waals surface area (Å²) in [4.78, 5) is 16.1.